The molecule has 2 aromatic carbocycles. The Bertz CT molecular complexity index is 957. The van der Waals surface area contributed by atoms with Crippen LogP contribution in [0.4, 0.5) is 10.1 Å². The molecule has 0 radical (unpaired) electrons. The topological polar surface area (TPSA) is 92.3 Å². The first kappa shape index (κ1) is 18.1. The second-order valence-electron chi connectivity index (χ2n) is 6.28. The summed E-state index contributed by atoms with van der Waals surface area (Å²) in [6.07, 6.45) is 0.835. The first-order valence-corrected chi connectivity index (χ1v) is 9.48. The molecule has 1 aliphatic carbocycles. The normalized spacial score (nSPS) is 18.8. The van der Waals surface area contributed by atoms with Crippen LogP contribution in [-0.4, -0.2) is 20.2 Å². The molecule has 0 spiro atoms. The maximum Gasteiger partial charge on any atom is 0.265 e. The lowest BCUT2D eigenvalue weighted by Crippen LogP contribution is -2.30. The fraction of sp³-hybridized carbons (Fsp3) is 0.222. The Morgan fingerprint density at radius 3 is 2.38 bits per heavy atom. The predicted octanol–water partition coefficient (Wildman–Crippen LogP) is 2.54. The van der Waals surface area contributed by atoms with E-state index in [-0.39, 0.29) is 22.3 Å². The minimum atomic E-state index is -4.12. The van der Waals surface area contributed by atoms with Crippen molar-refractivity contribution in [3.8, 4) is 0 Å². The molecule has 2 unspecified atom stereocenters. The number of halogens is 1. The number of carbonyl (C=O) groups excluding carboxylic acids is 2. The average Bonchev–Trinajstić information content (AvgIpc) is 3.32. The van der Waals surface area contributed by atoms with E-state index in [4.69, 9.17) is 0 Å². The number of sulfonamides is 1. The number of anilines is 1. The van der Waals surface area contributed by atoms with Gasteiger partial charge in [0.15, 0.2) is 0 Å². The van der Waals surface area contributed by atoms with Crippen LogP contribution >= 0.6 is 0 Å². The predicted molar refractivity (Wildman–Crippen MR) is 93.4 cm³/mol. The first-order valence-electron chi connectivity index (χ1n) is 8.00. The van der Waals surface area contributed by atoms with Gasteiger partial charge in [0.1, 0.15) is 5.82 Å². The van der Waals surface area contributed by atoms with Crippen LogP contribution in [0, 0.1) is 17.7 Å². The van der Waals surface area contributed by atoms with Gasteiger partial charge in [0, 0.05) is 17.2 Å². The Hall–Kier alpha value is -2.74. The van der Waals surface area contributed by atoms with Gasteiger partial charge in [-0.1, -0.05) is 13.0 Å². The third-order valence-corrected chi connectivity index (χ3v) is 5.54. The summed E-state index contributed by atoms with van der Waals surface area (Å²) in [6.45, 7) is 1.98. The lowest BCUT2D eigenvalue weighted by molar-refractivity contribution is -0.117. The fourth-order valence-corrected chi connectivity index (χ4v) is 3.49. The molecular weight excluding hydrogens is 359 g/mol. The van der Waals surface area contributed by atoms with Gasteiger partial charge in [-0.15, -0.1) is 0 Å². The highest BCUT2D eigenvalue weighted by atomic mass is 32.2. The third-order valence-electron chi connectivity index (χ3n) is 4.19. The summed E-state index contributed by atoms with van der Waals surface area (Å²) in [4.78, 5) is 24.0. The number of hydrogen-bond acceptors (Lipinski definition) is 4. The Labute approximate surface area is 150 Å². The molecule has 26 heavy (non-hydrogen) atoms. The fourth-order valence-electron chi connectivity index (χ4n) is 2.51. The average molecular weight is 376 g/mol. The molecule has 1 fully saturated rings. The van der Waals surface area contributed by atoms with Gasteiger partial charge < -0.3 is 5.32 Å². The zero-order chi connectivity index (χ0) is 18.9. The summed E-state index contributed by atoms with van der Waals surface area (Å²) in [7, 11) is -4.12. The van der Waals surface area contributed by atoms with E-state index in [1.807, 2.05) is 11.6 Å². The zero-order valence-corrected chi connectivity index (χ0v) is 14.7. The molecule has 0 aliphatic heterocycles. The van der Waals surface area contributed by atoms with E-state index in [0.29, 0.717) is 11.6 Å². The monoisotopic (exact) mass is 376 g/mol. The molecule has 136 valence electrons. The van der Waals surface area contributed by atoms with E-state index in [0.717, 1.165) is 30.7 Å². The van der Waals surface area contributed by atoms with Crippen molar-refractivity contribution in [1.29, 1.82) is 0 Å². The van der Waals surface area contributed by atoms with Gasteiger partial charge in [-0.2, -0.15) is 0 Å². The highest BCUT2D eigenvalue weighted by Crippen LogP contribution is 2.38. The minimum Gasteiger partial charge on any atom is -0.326 e. The molecular formula is C18H17FN2O4S. The van der Waals surface area contributed by atoms with Gasteiger partial charge in [0.25, 0.3) is 15.9 Å². The van der Waals surface area contributed by atoms with E-state index in [1.165, 1.54) is 12.1 Å². The quantitative estimate of drug-likeness (QED) is 0.839. The Balaban J connectivity index is 1.72. The van der Waals surface area contributed by atoms with Crippen molar-refractivity contribution in [2.24, 2.45) is 11.8 Å². The Kier molecular flexibility index (Phi) is 4.78. The Morgan fingerprint density at radius 1 is 1.12 bits per heavy atom. The lowest BCUT2D eigenvalue weighted by atomic mass is 10.2. The van der Waals surface area contributed by atoms with Crippen LogP contribution < -0.4 is 10.0 Å². The minimum absolute atomic E-state index is 0.0219. The van der Waals surface area contributed by atoms with Crippen LogP contribution in [-0.2, 0) is 14.8 Å². The van der Waals surface area contributed by atoms with Gasteiger partial charge in [-0.3, -0.25) is 9.59 Å². The zero-order valence-electron chi connectivity index (χ0n) is 13.9. The van der Waals surface area contributed by atoms with E-state index in [2.05, 4.69) is 5.32 Å². The summed E-state index contributed by atoms with van der Waals surface area (Å²) < 4.78 is 39.2. The van der Waals surface area contributed by atoms with Gasteiger partial charge in [-0.05, 0) is 54.8 Å². The molecule has 0 saturated heterocycles. The molecule has 0 heterocycles. The molecule has 2 N–H and O–H groups in total. The molecule has 1 aliphatic rings. The van der Waals surface area contributed by atoms with Crippen LogP contribution in [0.1, 0.15) is 23.7 Å². The van der Waals surface area contributed by atoms with Crippen LogP contribution in [0.2, 0.25) is 0 Å². The van der Waals surface area contributed by atoms with E-state index in [1.54, 1.807) is 12.1 Å². The summed E-state index contributed by atoms with van der Waals surface area (Å²) in [5.41, 5.74) is 0.498. The molecule has 2 aromatic rings. The molecule has 0 bridgehead atoms. The van der Waals surface area contributed by atoms with Crippen LogP contribution in [0.25, 0.3) is 0 Å². The summed E-state index contributed by atoms with van der Waals surface area (Å²) >= 11 is 0. The second-order valence-corrected chi connectivity index (χ2v) is 7.96. The number of carbonyl (C=O) groups is 2. The highest BCUT2D eigenvalue weighted by Gasteiger charge is 2.39. The SMILES string of the molecule is CC1CC1C(=O)Nc1cccc(C(=O)NS(=O)(=O)c2ccc(F)cc2)c1. The number of hydrogen-bond donors (Lipinski definition) is 2. The van der Waals surface area contributed by atoms with Crippen LogP contribution in [0.3, 0.4) is 0 Å². The number of nitrogens with one attached hydrogen (secondary N) is 2. The van der Waals surface area contributed by atoms with Gasteiger partial charge in [-0.25, -0.2) is 17.5 Å². The number of benzene rings is 2. The van der Waals surface area contributed by atoms with E-state index in [9.17, 15) is 22.4 Å². The maximum atomic E-state index is 12.9. The molecule has 3 rings (SSSR count). The lowest BCUT2D eigenvalue weighted by Gasteiger charge is -2.09. The van der Waals surface area contributed by atoms with Crippen molar-refractivity contribution >= 4 is 27.5 Å². The van der Waals surface area contributed by atoms with Crippen molar-refractivity contribution in [1.82, 2.24) is 4.72 Å². The van der Waals surface area contributed by atoms with Crippen LogP contribution in [0.15, 0.2) is 53.4 Å². The van der Waals surface area contributed by atoms with Crippen molar-refractivity contribution in [3.05, 3.63) is 59.9 Å². The molecule has 8 heteroatoms. The van der Waals surface area contributed by atoms with E-state index < -0.39 is 21.7 Å². The van der Waals surface area contributed by atoms with E-state index >= 15 is 0 Å². The second kappa shape index (κ2) is 6.87. The summed E-state index contributed by atoms with van der Waals surface area (Å²) in [6, 6.07) is 10.1. The largest absolute Gasteiger partial charge is 0.326 e. The Morgan fingerprint density at radius 2 is 1.77 bits per heavy atom. The van der Waals surface area contributed by atoms with Crippen molar-refractivity contribution in [2.45, 2.75) is 18.2 Å². The first-order chi connectivity index (χ1) is 12.3. The highest BCUT2D eigenvalue weighted by molar-refractivity contribution is 7.90. The van der Waals surface area contributed by atoms with Crippen molar-refractivity contribution in [3.63, 3.8) is 0 Å². The number of rotatable bonds is 5. The molecule has 1 saturated carbocycles. The molecule has 2 amide bonds. The summed E-state index contributed by atoms with van der Waals surface area (Å²) in [5, 5.41) is 2.72. The standard InChI is InChI=1S/C18H17FN2O4S/c1-11-9-16(11)18(23)20-14-4-2-3-12(10-14)17(22)21-26(24,25)15-7-5-13(19)6-8-15/h2-8,10-11,16H,9H2,1H3,(H,20,23)(H,21,22). The molecule has 2 atom stereocenters. The summed E-state index contributed by atoms with van der Waals surface area (Å²) in [5.74, 6) is -1.21. The molecule has 0 aromatic heterocycles. The smallest absolute Gasteiger partial charge is 0.265 e. The van der Waals surface area contributed by atoms with Gasteiger partial charge in [0.2, 0.25) is 5.91 Å². The van der Waals surface area contributed by atoms with Crippen molar-refractivity contribution in [2.75, 3.05) is 5.32 Å². The van der Waals surface area contributed by atoms with Gasteiger partial charge >= 0.3 is 0 Å². The van der Waals surface area contributed by atoms with Gasteiger partial charge in [0.05, 0.1) is 4.90 Å². The van der Waals surface area contributed by atoms with Crippen LogP contribution in [0.5, 0.6) is 0 Å². The maximum absolute atomic E-state index is 12.9. The van der Waals surface area contributed by atoms with Crippen molar-refractivity contribution < 1.29 is 22.4 Å². The number of amides is 2. The molecule has 6 nitrogen and oxygen atoms in total. The third kappa shape index (κ3) is 4.08.